The molecule has 3 aromatic rings. The van der Waals surface area contributed by atoms with Crippen LogP contribution in [0.5, 0.6) is 17.2 Å². The molecule has 2 heterocycles. The number of nitrogens with zero attached hydrogens (tertiary/aromatic N) is 2. The molecule has 1 amide bonds. The Kier molecular flexibility index (Phi) is 8.63. The average molecular weight is 517 g/mol. The van der Waals surface area contributed by atoms with Crippen LogP contribution in [0.3, 0.4) is 0 Å². The molecule has 8 heteroatoms. The lowest BCUT2D eigenvalue weighted by Crippen LogP contribution is -2.29. The lowest BCUT2D eigenvalue weighted by atomic mass is 9.94. The second-order valence-corrected chi connectivity index (χ2v) is 8.73. The molecule has 4 rings (SSSR count). The maximum absolute atomic E-state index is 13.4. The fraction of sp³-hybridized carbons (Fsp3) is 0.300. The van der Waals surface area contributed by atoms with Crippen LogP contribution in [0.1, 0.15) is 49.9 Å². The minimum Gasteiger partial charge on any atom is -0.507 e. The Morgan fingerprint density at radius 1 is 0.947 bits per heavy atom. The maximum Gasteiger partial charge on any atom is 0.295 e. The summed E-state index contributed by atoms with van der Waals surface area (Å²) in [6.45, 7) is 7.35. The van der Waals surface area contributed by atoms with Crippen LogP contribution in [0.15, 0.2) is 72.6 Å². The Hall–Kier alpha value is -4.33. The second kappa shape index (κ2) is 12.3. The number of benzene rings is 2. The quantitative estimate of drug-likeness (QED) is 0.210. The van der Waals surface area contributed by atoms with Crippen molar-refractivity contribution >= 4 is 17.4 Å². The number of pyridine rings is 1. The van der Waals surface area contributed by atoms with Crippen molar-refractivity contribution in [3.63, 3.8) is 0 Å². The van der Waals surface area contributed by atoms with Crippen molar-refractivity contribution in [1.82, 2.24) is 9.88 Å². The molecule has 0 spiro atoms. The molecular formula is C30H32N2O6. The summed E-state index contributed by atoms with van der Waals surface area (Å²) in [5, 5.41) is 11.4. The standard InChI is InChI=1S/C30H32N2O6/c1-4-16-38-24-14-11-22(17-25(24)37-6-3)27-26(28(33)21-9-12-23(13-10-21)36-5-2)29(34)30(35)32(27)19-20-8-7-15-31-18-20/h7-15,17-18,27,33H,4-6,16,19H2,1-3H3. The molecule has 1 N–H and O–H groups in total. The summed E-state index contributed by atoms with van der Waals surface area (Å²) in [7, 11) is 0. The van der Waals surface area contributed by atoms with E-state index in [0.717, 1.165) is 12.0 Å². The molecule has 1 aliphatic rings. The van der Waals surface area contributed by atoms with Crippen LogP contribution in [0, 0.1) is 0 Å². The van der Waals surface area contributed by atoms with Crippen molar-refractivity contribution < 1.29 is 28.9 Å². The van der Waals surface area contributed by atoms with Crippen molar-refractivity contribution in [3.8, 4) is 17.2 Å². The minimum absolute atomic E-state index is 0.00715. The first kappa shape index (κ1) is 26.7. The van der Waals surface area contributed by atoms with E-state index in [4.69, 9.17) is 14.2 Å². The van der Waals surface area contributed by atoms with E-state index in [-0.39, 0.29) is 17.9 Å². The third-order valence-electron chi connectivity index (χ3n) is 6.10. The van der Waals surface area contributed by atoms with E-state index in [2.05, 4.69) is 4.98 Å². The van der Waals surface area contributed by atoms with Crippen LogP contribution < -0.4 is 14.2 Å². The fourth-order valence-electron chi connectivity index (χ4n) is 4.40. The van der Waals surface area contributed by atoms with Gasteiger partial charge in [-0.15, -0.1) is 0 Å². The number of ketones is 1. The summed E-state index contributed by atoms with van der Waals surface area (Å²) >= 11 is 0. The van der Waals surface area contributed by atoms with Gasteiger partial charge >= 0.3 is 0 Å². The molecule has 0 aliphatic carbocycles. The summed E-state index contributed by atoms with van der Waals surface area (Å²) in [4.78, 5) is 32.3. The number of aromatic nitrogens is 1. The van der Waals surface area contributed by atoms with Crippen LogP contribution in [0.2, 0.25) is 0 Å². The van der Waals surface area contributed by atoms with Crippen molar-refractivity contribution in [1.29, 1.82) is 0 Å². The van der Waals surface area contributed by atoms with Crippen LogP contribution in [-0.4, -0.2) is 46.5 Å². The Bertz CT molecular complexity index is 1300. The number of rotatable bonds is 11. The predicted octanol–water partition coefficient (Wildman–Crippen LogP) is 5.29. The van der Waals surface area contributed by atoms with Crippen LogP contribution in [0.25, 0.3) is 5.76 Å². The molecule has 1 saturated heterocycles. The normalized spacial score (nSPS) is 16.5. The number of amides is 1. The number of likely N-dealkylation sites (tertiary alicyclic amines) is 1. The summed E-state index contributed by atoms with van der Waals surface area (Å²) < 4.78 is 17.2. The zero-order chi connectivity index (χ0) is 27.1. The molecule has 1 unspecified atom stereocenters. The third kappa shape index (κ3) is 5.64. The Balaban J connectivity index is 1.84. The molecule has 0 bridgehead atoms. The van der Waals surface area contributed by atoms with Crippen LogP contribution in [-0.2, 0) is 16.1 Å². The first-order valence-corrected chi connectivity index (χ1v) is 12.8. The molecular weight excluding hydrogens is 484 g/mol. The average Bonchev–Trinajstić information content (AvgIpc) is 3.18. The number of Topliss-reactive ketones (excluding diaryl/α,β-unsaturated/α-hetero) is 1. The molecule has 2 aromatic carbocycles. The van der Waals surface area contributed by atoms with Gasteiger partial charge in [-0.25, -0.2) is 0 Å². The number of hydrogen-bond acceptors (Lipinski definition) is 7. The molecule has 198 valence electrons. The summed E-state index contributed by atoms with van der Waals surface area (Å²) in [6, 6.07) is 14.9. The highest BCUT2D eigenvalue weighted by molar-refractivity contribution is 6.46. The molecule has 1 fully saturated rings. The second-order valence-electron chi connectivity index (χ2n) is 8.73. The highest BCUT2D eigenvalue weighted by atomic mass is 16.5. The van der Waals surface area contributed by atoms with Gasteiger partial charge in [0.15, 0.2) is 11.5 Å². The number of carbonyl (C=O) groups is 2. The molecule has 8 nitrogen and oxygen atoms in total. The Labute approximate surface area is 222 Å². The SMILES string of the molecule is CCCOc1ccc(C2C(=C(O)c3ccc(OCC)cc3)C(=O)C(=O)N2Cc2cccnc2)cc1OCC. The number of aliphatic hydroxyl groups is 1. The molecule has 1 atom stereocenters. The smallest absolute Gasteiger partial charge is 0.295 e. The van der Waals surface area contributed by atoms with E-state index >= 15 is 0 Å². The van der Waals surface area contributed by atoms with E-state index in [1.807, 2.05) is 26.8 Å². The van der Waals surface area contributed by atoms with E-state index in [1.165, 1.54) is 4.90 Å². The molecule has 0 saturated carbocycles. The van der Waals surface area contributed by atoms with Gasteiger partial charge in [-0.2, -0.15) is 0 Å². The molecule has 1 aromatic heterocycles. The van der Waals surface area contributed by atoms with E-state index < -0.39 is 17.7 Å². The van der Waals surface area contributed by atoms with Gasteiger partial charge in [-0.3, -0.25) is 14.6 Å². The van der Waals surface area contributed by atoms with Gasteiger partial charge in [0, 0.05) is 24.5 Å². The van der Waals surface area contributed by atoms with Crippen molar-refractivity contribution in [2.75, 3.05) is 19.8 Å². The predicted molar refractivity (Wildman–Crippen MR) is 143 cm³/mol. The zero-order valence-corrected chi connectivity index (χ0v) is 21.8. The van der Waals surface area contributed by atoms with E-state index in [9.17, 15) is 14.7 Å². The number of ether oxygens (including phenoxy) is 3. The van der Waals surface area contributed by atoms with Crippen molar-refractivity contribution in [2.24, 2.45) is 0 Å². The third-order valence-corrected chi connectivity index (χ3v) is 6.10. The minimum atomic E-state index is -0.846. The monoisotopic (exact) mass is 516 g/mol. The molecule has 1 aliphatic heterocycles. The van der Waals surface area contributed by atoms with Crippen molar-refractivity contribution in [2.45, 2.75) is 39.8 Å². The highest BCUT2D eigenvalue weighted by Gasteiger charge is 2.46. The Morgan fingerprint density at radius 2 is 1.71 bits per heavy atom. The van der Waals surface area contributed by atoms with Crippen LogP contribution >= 0.6 is 0 Å². The summed E-state index contributed by atoms with van der Waals surface area (Å²) in [5.41, 5.74) is 1.79. The zero-order valence-electron chi connectivity index (χ0n) is 21.8. The van der Waals surface area contributed by atoms with Gasteiger partial charge in [0.1, 0.15) is 11.5 Å². The fourth-order valence-corrected chi connectivity index (χ4v) is 4.40. The van der Waals surface area contributed by atoms with E-state index in [1.54, 1.807) is 60.9 Å². The lowest BCUT2D eigenvalue weighted by molar-refractivity contribution is -0.140. The van der Waals surface area contributed by atoms with Crippen LogP contribution in [0.4, 0.5) is 0 Å². The lowest BCUT2D eigenvalue weighted by Gasteiger charge is -2.26. The first-order valence-electron chi connectivity index (χ1n) is 12.8. The van der Waals surface area contributed by atoms with Crippen molar-refractivity contribution in [3.05, 3.63) is 89.3 Å². The summed E-state index contributed by atoms with van der Waals surface area (Å²) in [5.74, 6) is 0.0146. The number of hydrogen-bond donors (Lipinski definition) is 1. The van der Waals surface area contributed by atoms with E-state index in [0.29, 0.717) is 48.2 Å². The molecule has 0 radical (unpaired) electrons. The largest absolute Gasteiger partial charge is 0.507 e. The van der Waals surface area contributed by atoms with Gasteiger partial charge in [0.05, 0.1) is 31.4 Å². The Morgan fingerprint density at radius 3 is 2.37 bits per heavy atom. The van der Waals surface area contributed by atoms with Gasteiger partial charge in [-0.05, 0) is 73.9 Å². The highest BCUT2D eigenvalue weighted by Crippen LogP contribution is 2.43. The number of aliphatic hydroxyl groups excluding tert-OH is 1. The maximum atomic E-state index is 13.4. The number of carbonyl (C=O) groups excluding carboxylic acids is 2. The van der Waals surface area contributed by atoms with Gasteiger partial charge in [0.2, 0.25) is 0 Å². The topological polar surface area (TPSA) is 98.2 Å². The first-order chi connectivity index (χ1) is 18.5. The van der Waals surface area contributed by atoms with Gasteiger partial charge in [0.25, 0.3) is 11.7 Å². The summed E-state index contributed by atoms with van der Waals surface area (Å²) in [6.07, 6.45) is 4.13. The molecule has 38 heavy (non-hydrogen) atoms. The van der Waals surface area contributed by atoms with Gasteiger partial charge < -0.3 is 24.2 Å². The van der Waals surface area contributed by atoms with Gasteiger partial charge in [-0.1, -0.05) is 19.1 Å².